The Kier molecular flexibility index (Phi) is 5.80. The first-order valence-electron chi connectivity index (χ1n) is 7.06. The summed E-state index contributed by atoms with van der Waals surface area (Å²) in [6, 6.07) is 31.1. The second kappa shape index (κ2) is 8.05. The Morgan fingerprint density at radius 3 is 1.45 bits per heavy atom. The highest BCUT2D eigenvalue weighted by Gasteiger charge is 2.02. The summed E-state index contributed by atoms with van der Waals surface area (Å²) in [5.74, 6) is 0. The average Bonchev–Trinajstić information content (AvgIpc) is 2.58. The molecule has 3 aromatic rings. The Morgan fingerprint density at radius 1 is 0.591 bits per heavy atom. The van der Waals surface area contributed by atoms with Crippen molar-refractivity contribution in [3.63, 3.8) is 0 Å². The van der Waals surface area contributed by atoms with E-state index in [4.69, 9.17) is 0 Å². The van der Waals surface area contributed by atoms with Crippen molar-refractivity contribution < 1.29 is 0 Å². The third kappa shape index (κ3) is 3.99. The van der Waals surface area contributed by atoms with Crippen LogP contribution in [0.2, 0.25) is 0 Å². The highest BCUT2D eigenvalue weighted by Crippen LogP contribution is 2.22. The van der Waals surface area contributed by atoms with Crippen molar-refractivity contribution in [3.8, 4) is 0 Å². The zero-order valence-corrected chi connectivity index (χ0v) is 13.0. The average molecular weight is 305 g/mol. The summed E-state index contributed by atoms with van der Waals surface area (Å²) in [6.07, 6.45) is 2.04. The Labute approximate surface area is 137 Å². The molecular formula is C21H17Cl. The maximum absolute atomic E-state index is 3.46. The van der Waals surface area contributed by atoms with Gasteiger partial charge in [-0.05, 0) is 22.8 Å². The monoisotopic (exact) mass is 304 g/mol. The normalized spacial score (nSPS) is 9.27. The molecule has 1 heteroatoms. The van der Waals surface area contributed by atoms with Crippen LogP contribution in [-0.2, 0) is 0 Å². The van der Waals surface area contributed by atoms with Gasteiger partial charge in [0.15, 0.2) is 0 Å². The lowest BCUT2D eigenvalue weighted by molar-refractivity contribution is 1.55. The summed E-state index contributed by atoms with van der Waals surface area (Å²) in [5.41, 5.74) is 8.08. The maximum atomic E-state index is 3.46. The van der Waals surface area contributed by atoms with Gasteiger partial charge in [-0.2, -0.15) is 0 Å². The van der Waals surface area contributed by atoms with Crippen molar-refractivity contribution in [2.24, 2.45) is 0 Å². The van der Waals surface area contributed by atoms with E-state index in [2.05, 4.69) is 66.4 Å². The first-order chi connectivity index (χ1) is 10.4. The van der Waals surface area contributed by atoms with Gasteiger partial charge in [0, 0.05) is 5.57 Å². The summed E-state index contributed by atoms with van der Waals surface area (Å²) in [5, 5.41) is 0. The smallest absolute Gasteiger partial charge is 0.0309 e. The molecular weight excluding hydrogens is 288 g/mol. The van der Waals surface area contributed by atoms with E-state index in [1.54, 1.807) is 0 Å². The number of benzene rings is 3. The summed E-state index contributed by atoms with van der Waals surface area (Å²) in [6.45, 7) is 0. The van der Waals surface area contributed by atoms with Gasteiger partial charge in [0.25, 0.3) is 0 Å². The third-order valence-electron chi connectivity index (χ3n) is 3.31. The molecule has 0 radical (unpaired) electrons. The van der Waals surface area contributed by atoms with Crippen LogP contribution in [-0.4, -0.2) is 0 Å². The molecule has 0 atom stereocenters. The van der Waals surface area contributed by atoms with Crippen LogP contribution < -0.4 is 0 Å². The van der Waals surface area contributed by atoms with Gasteiger partial charge in [-0.3, -0.25) is 0 Å². The molecule has 3 rings (SSSR count). The van der Waals surface area contributed by atoms with Crippen LogP contribution in [0, 0.1) is 0 Å². The number of hydrogen-bond acceptors (Lipinski definition) is 0. The third-order valence-corrected chi connectivity index (χ3v) is 3.31. The van der Waals surface area contributed by atoms with E-state index in [1.807, 2.05) is 36.4 Å². The number of rotatable bonds is 3. The highest BCUT2D eigenvalue weighted by atomic mass is 35.5. The molecule has 22 heavy (non-hydrogen) atoms. The molecule has 0 bridgehead atoms. The molecule has 0 aliphatic carbocycles. The second-order valence-electron chi connectivity index (χ2n) is 4.81. The molecule has 0 amide bonds. The summed E-state index contributed by atoms with van der Waals surface area (Å²) in [4.78, 5) is 0. The zero-order valence-electron chi connectivity index (χ0n) is 12.1. The predicted octanol–water partition coefficient (Wildman–Crippen LogP) is 5.85. The fourth-order valence-corrected chi connectivity index (χ4v) is 2.25. The molecule has 0 nitrogen and oxygen atoms in total. The van der Waals surface area contributed by atoms with E-state index >= 15 is 0 Å². The minimum atomic E-state index is 0. The molecule has 0 unspecified atom stereocenters. The van der Waals surface area contributed by atoms with Crippen molar-refractivity contribution in [2.75, 3.05) is 0 Å². The van der Waals surface area contributed by atoms with Gasteiger partial charge in [-0.15, -0.1) is 18.1 Å². The van der Waals surface area contributed by atoms with Crippen LogP contribution in [0.15, 0.2) is 96.7 Å². The number of halogens is 1. The van der Waals surface area contributed by atoms with Crippen LogP contribution in [0.3, 0.4) is 0 Å². The van der Waals surface area contributed by atoms with E-state index < -0.39 is 0 Å². The van der Waals surface area contributed by atoms with Crippen molar-refractivity contribution in [2.45, 2.75) is 0 Å². The number of hydrogen-bond donors (Lipinski definition) is 0. The van der Waals surface area contributed by atoms with E-state index in [0.717, 1.165) is 11.1 Å². The van der Waals surface area contributed by atoms with Gasteiger partial charge in [0.05, 0.1) is 0 Å². The van der Waals surface area contributed by atoms with Crippen LogP contribution >= 0.6 is 12.4 Å². The van der Waals surface area contributed by atoms with Crippen molar-refractivity contribution in [1.82, 2.24) is 0 Å². The molecule has 0 saturated carbocycles. The van der Waals surface area contributed by atoms with Crippen LogP contribution in [0.5, 0.6) is 0 Å². The molecule has 108 valence electrons. The molecule has 0 spiro atoms. The molecule has 0 aromatic heterocycles. The molecule has 3 aromatic carbocycles. The first kappa shape index (κ1) is 15.9. The Bertz CT molecular complexity index is 711. The topological polar surface area (TPSA) is 0 Å². The SMILES string of the molecule is C(=Cc1ccccc1)=C(c1ccccc1)c1ccccc1.Cl. The summed E-state index contributed by atoms with van der Waals surface area (Å²) >= 11 is 0. The predicted molar refractivity (Wildman–Crippen MR) is 97.1 cm³/mol. The van der Waals surface area contributed by atoms with Crippen LogP contribution in [0.25, 0.3) is 11.6 Å². The van der Waals surface area contributed by atoms with Crippen molar-refractivity contribution in [1.29, 1.82) is 0 Å². The Morgan fingerprint density at radius 2 is 1.00 bits per heavy atom. The molecule has 0 aliphatic rings. The molecule has 0 fully saturated rings. The van der Waals surface area contributed by atoms with Crippen molar-refractivity contribution in [3.05, 3.63) is 113 Å². The first-order valence-corrected chi connectivity index (χ1v) is 7.06. The van der Waals surface area contributed by atoms with Gasteiger partial charge in [0.2, 0.25) is 0 Å². The Balaban J connectivity index is 0.00000176. The second-order valence-corrected chi connectivity index (χ2v) is 4.81. The molecule has 0 heterocycles. The van der Waals surface area contributed by atoms with E-state index in [9.17, 15) is 0 Å². The van der Waals surface area contributed by atoms with Crippen molar-refractivity contribution >= 4 is 24.1 Å². The van der Waals surface area contributed by atoms with E-state index in [1.165, 1.54) is 11.1 Å². The fraction of sp³-hybridized carbons (Fsp3) is 0. The lowest BCUT2D eigenvalue weighted by Crippen LogP contribution is -1.85. The quantitative estimate of drug-likeness (QED) is 0.532. The highest BCUT2D eigenvalue weighted by molar-refractivity contribution is 5.85. The lowest BCUT2D eigenvalue weighted by Gasteiger charge is -2.05. The maximum Gasteiger partial charge on any atom is 0.0309 e. The molecule has 0 N–H and O–H groups in total. The largest absolute Gasteiger partial charge is 0.147 e. The van der Waals surface area contributed by atoms with Gasteiger partial charge >= 0.3 is 0 Å². The van der Waals surface area contributed by atoms with Gasteiger partial charge in [-0.25, -0.2) is 0 Å². The van der Waals surface area contributed by atoms with Crippen LogP contribution in [0.1, 0.15) is 16.7 Å². The standard InChI is InChI=1S/C21H16.ClH/c1-4-10-18(11-5-1)16-17-21(19-12-6-2-7-13-19)20-14-8-3-9-15-20;/h1-16H;1H. The zero-order chi connectivity index (χ0) is 14.3. The van der Waals surface area contributed by atoms with Crippen LogP contribution in [0.4, 0.5) is 0 Å². The van der Waals surface area contributed by atoms with Gasteiger partial charge in [0.1, 0.15) is 0 Å². The fourth-order valence-electron chi connectivity index (χ4n) is 2.25. The molecule has 0 saturated heterocycles. The lowest BCUT2D eigenvalue weighted by atomic mass is 9.98. The summed E-state index contributed by atoms with van der Waals surface area (Å²) < 4.78 is 0. The van der Waals surface area contributed by atoms with Gasteiger partial charge < -0.3 is 0 Å². The Hall–Kier alpha value is -2.53. The van der Waals surface area contributed by atoms with E-state index in [0.29, 0.717) is 0 Å². The minimum Gasteiger partial charge on any atom is -0.147 e. The van der Waals surface area contributed by atoms with Gasteiger partial charge in [-0.1, -0.05) is 91.0 Å². The summed E-state index contributed by atoms with van der Waals surface area (Å²) in [7, 11) is 0. The minimum absolute atomic E-state index is 0. The molecule has 0 aliphatic heterocycles. The van der Waals surface area contributed by atoms with E-state index in [-0.39, 0.29) is 12.4 Å².